The second-order valence-corrected chi connectivity index (χ2v) is 7.40. The molecule has 0 unspecified atom stereocenters. The molecule has 0 heterocycles. The van der Waals surface area contributed by atoms with E-state index in [2.05, 4.69) is 15.4 Å². The predicted octanol–water partition coefficient (Wildman–Crippen LogP) is 0.180. The monoisotopic (exact) mass is 342 g/mol. The molecule has 0 aromatic carbocycles. The molecule has 0 saturated carbocycles. The normalized spacial score (nSPS) is 12.2. The molecule has 0 aliphatic rings. The van der Waals surface area contributed by atoms with Crippen LogP contribution in [0.1, 0.15) is 41.5 Å². The fourth-order valence-corrected chi connectivity index (χ4v) is 0.874. The van der Waals surface area contributed by atoms with Crippen LogP contribution < -0.4 is 10.6 Å². The Morgan fingerprint density at radius 3 is 1.27 bits per heavy atom. The highest BCUT2D eigenvalue weighted by molar-refractivity contribution is 7.79. The topological polar surface area (TPSA) is 142 Å². The lowest BCUT2D eigenvalue weighted by Gasteiger charge is -2.20. The number of nitrogens with one attached hydrogen (secondary N) is 2. The Kier molecular flexibility index (Phi) is 9.65. The van der Waals surface area contributed by atoms with Crippen molar-refractivity contribution in [3.05, 3.63) is 0 Å². The Morgan fingerprint density at radius 2 is 1.09 bits per heavy atom. The minimum absolute atomic E-state index is 0.0325. The Balaban J connectivity index is 0. The maximum atomic E-state index is 11.3. The van der Waals surface area contributed by atoms with Crippen molar-refractivity contribution in [1.82, 2.24) is 10.6 Å². The molecule has 9 nitrogen and oxygen atoms in total. The zero-order valence-electron chi connectivity index (χ0n) is 13.8. The van der Waals surface area contributed by atoms with Crippen LogP contribution >= 0.6 is 0 Å². The van der Waals surface area contributed by atoms with Crippen molar-refractivity contribution in [2.24, 2.45) is 0 Å². The molecule has 132 valence electrons. The molecule has 0 aliphatic carbocycles. The molecular weight excluding hydrogens is 316 g/mol. The molecule has 0 amide bonds. The van der Waals surface area contributed by atoms with Crippen LogP contribution in [0.3, 0.4) is 0 Å². The maximum Gasteiger partial charge on any atom is 0.394 e. The highest BCUT2D eigenvalue weighted by Crippen LogP contribution is 1.98. The fraction of sp³-hybridized carbons (Fsp3) is 0.833. The minimum Gasteiger partial charge on any atom is -0.391 e. The molecule has 0 aromatic heterocycles. The van der Waals surface area contributed by atoms with Gasteiger partial charge in [0.25, 0.3) is 0 Å². The number of hydrogen-bond donors (Lipinski definition) is 4. The van der Waals surface area contributed by atoms with Gasteiger partial charge in [-0.15, -0.1) is 0 Å². The molecular formula is C12H26N2O7S. The van der Waals surface area contributed by atoms with E-state index in [4.69, 9.17) is 17.5 Å². The second-order valence-electron chi connectivity index (χ2n) is 6.50. The standard InChI is InChI=1S/C12H24N2O3.H2O4S/c1-11(2,3)13-7-9(15)17-10(16)8-14-12(4,5)6;1-5(2,3)4/h13-14H,7-8H2,1-6H3;(H2,1,2,3,4). The highest BCUT2D eigenvalue weighted by atomic mass is 32.3. The summed E-state index contributed by atoms with van der Waals surface area (Å²) in [7, 11) is -4.67. The van der Waals surface area contributed by atoms with Gasteiger partial charge in [-0.25, -0.2) is 0 Å². The molecule has 0 fully saturated rings. The van der Waals surface area contributed by atoms with Gasteiger partial charge in [0, 0.05) is 11.1 Å². The summed E-state index contributed by atoms with van der Waals surface area (Å²) in [5, 5.41) is 5.90. The smallest absolute Gasteiger partial charge is 0.391 e. The first kappa shape index (κ1) is 23.2. The van der Waals surface area contributed by atoms with Crippen LogP contribution in [0, 0.1) is 0 Å². The summed E-state index contributed by atoms with van der Waals surface area (Å²) in [5.41, 5.74) is -0.350. The molecule has 0 spiro atoms. The van der Waals surface area contributed by atoms with Gasteiger partial charge in [0.05, 0.1) is 13.1 Å². The summed E-state index contributed by atoms with van der Waals surface area (Å²) in [6.07, 6.45) is 0. The quantitative estimate of drug-likeness (QED) is 0.319. The third-order valence-electron chi connectivity index (χ3n) is 1.75. The number of esters is 2. The van der Waals surface area contributed by atoms with Gasteiger partial charge in [0.2, 0.25) is 0 Å². The first-order chi connectivity index (χ1) is 9.49. The molecule has 0 aromatic rings. The lowest BCUT2D eigenvalue weighted by molar-refractivity contribution is -0.158. The third-order valence-corrected chi connectivity index (χ3v) is 1.75. The molecule has 0 bridgehead atoms. The lowest BCUT2D eigenvalue weighted by atomic mass is 10.1. The van der Waals surface area contributed by atoms with Crippen molar-refractivity contribution in [2.75, 3.05) is 13.1 Å². The zero-order valence-corrected chi connectivity index (χ0v) is 14.6. The van der Waals surface area contributed by atoms with E-state index in [1.54, 1.807) is 0 Å². The van der Waals surface area contributed by atoms with Gasteiger partial charge in [-0.3, -0.25) is 18.7 Å². The van der Waals surface area contributed by atoms with Crippen molar-refractivity contribution in [3.8, 4) is 0 Å². The SMILES string of the molecule is CC(C)(C)NCC(=O)OC(=O)CNC(C)(C)C.O=S(=O)(O)O. The Labute approximate surface area is 131 Å². The number of hydrogen-bond acceptors (Lipinski definition) is 7. The largest absolute Gasteiger partial charge is 0.394 e. The van der Waals surface area contributed by atoms with Gasteiger partial charge in [-0.2, -0.15) is 8.42 Å². The summed E-state index contributed by atoms with van der Waals surface area (Å²) in [5.74, 6) is -1.11. The van der Waals surface area contributed by atoms with Gasteiger partial charge < -0.3 is 15.4 Å². The molecule has 0 rings (SSSR count). The van der Waals surface area contributed by atoms with E-state index < -0.39 is 22.3 Å². The van der Waals surface area contributed by atoms with Crippen molar-refractivity contribution in [2.45, 2.75) is 52.6 Å². The molecule has 0 aliphatic heterocycles. The Morgan fingerprint density at radius 1 is 0.864 bits per heavy atom. The van der Waals surface area contributed by atoms with Gasteiger partial charge in [-0.1, -0.05) is 0 Å². The molecule has 22 heavy (non-hydrogen) atoms. The van der Waals surface area contributed by atoms with Crippen LogP contribution in [0.15, 0.2) is 0 Å². The van der Waals surface area contributed by atoms with Crippen LogP contribution in [-0.2, 0) is 24.7 Å². The number of carbonyl (C=O) groups is 2. The number of rotatable bonds is 4. The molecule has 0 radical (unpaired) electrons. The zero-order chi connectivity index (χ0) is 18.2. The van der Waals surface area contributed by atoms with Crippen LogP contribution in [-0.4, -0.2) is 53.6 Å². The Hall–Kier alpha value is -1.07. The van der Waals surface area contributed by atoms with E-state index in [-0.39, 0.29) is 24.2 Å². The molecule has 0 atom stereocenters. The van der Waals surface area contributed by atoms with Gasteiger partial charge >= 0.3 is 22.3 Å². The van der Waals surface area contributed by atoms with Crippen LogP contribution in [0.25, 0.3) is 0 Å². The van der Waals surface area contributed by atoms with E-state index in [1.807, 2.05) is 41.5 Å². The molecule has 0 saturated heterocycles. The average molecular weight is 342 g/mol. The lowest BCUT2D eigenvalue weighted by Crippen LogP contribution is -2.43. The third kappa shape index (κ3) is 27.3. The second kappa shape index (κ2) is 9.16. The molecule has 4 N–H and O–H groups in total. The summed E-state index contributed by atoms with van der Waals surface area (Å²) in [6.45, 7) is 11.7. The van der Waals surface area contributed by atoms with Crippen molar-refractivity contribution in [3.63, 3.8) is 0 Å². The van der Waals surface area contributed by atoms with Gasteiger partial charge in [-0.05, 0) is 41.5 Å². The fourth-order valence-electron chi connectivity index (χ4n) is 0.874. The van der Waals surface area contributed by atoms with E-state index >= 15 is 0 Å². The van der Waals surface area contributed by atoms with Crippen molar-refractivity contribution in [1.29, 1.82) is 0 Å². The highest BCUT2D eigenvalue weighted by Gasteiger charge is 2.16. The summed E-state index contributed by atoms with van der Waals surface area (Å²) in [4.78, 5) is 22.6. The number of carbonyl (C=O) groups excluding carboxylic acids is 2. The van der Waals surface area contributed by atoms with Crippen LogP contribution in [0.2, 0.25) is 0 Å². The first-order valence-corrected chi connectivity index (χ1v) is 7.83. The van der Waals surface area contributed by atoms with Gasteiger partial charge in [0.15, 0.2) is 0 Å². The minimum atomic E-state index is -4.67. The predicted molar refractivity (Wildman–Crippen MR) is 80.8 cm³/mol. The summed E-state index contributed by atoms with van der Waals surface area (Å²) < 4.78 is 36.2. The maximum absolute atomic E-state index is 11.3. The van der Waals surface area contributed by atoms with Crippen LogP contribution in [0.4, 0.5) is 0 Å². The average Bonchev–Trinajstić information content (AvgIpc) is 2.19. The van der Waals surface area contributed by atoms with Crippen molar-refractivity contribution < 1.29 is 31.8 Å². The van der Waals surface area contributed by atoms with Gasteiger partial charge in [0.1, 0.15) is 0 Å². The Bertz CT molecular complexity index is 425. The van der Waals surface area contributed by atoms with Crippen molar-refractivity contribution >= 4 is 22.3 Å². The summed E-state index contributed by atoms with van der Waals surface area (Å²) in [6, 6.07) is 0. The van der Waals surface area contributed by atoms with E-state index in [9.17, 15) is 9.59 Å². The van der Waals surface area contributed by atoms with E-state index in [0.29, 0.717) is 0 Å². The van der Waals surface area contributed by atoms with E-state index in [0.717, 1.165) is 0 Å². The number of ether oxygens (including phenoxy) is 1. The first-order valence-electron chi connectivity index (χ1n) is 6.43. The summed E-state index contributed by atoms with van der Waals surface area (Å²) >= 11 is 0. The van der Waals surface area contributed by atoms with Crippen LogP contribution in [0.5, 0.6) is 0 Å². The molecule has 10 heteroatoms. The van der Waals surface area contributed by atoms with E-state index in [1.165, 1.54) is 0 Å².